The molecule has 5 heteroatoms. The molecule has 0 bridgehead atoms. The maximum Gasteiger partial charge on any atom is 0.293 e. The number of H-pyrrole nitrogens is 1. The molecule has 1 unspecified atom stereocenters. The summed E-state index contributed by atoms with van der Waals surface area (Å²) in [5.74, 6) is 0. The highest BCUT2D eigenvalue weighted by atomic mass is 31.2. The summed E-state index contributed by atoms with van der Waals surface area (Å²) in [6, 6.07) is 8.47. The number of imidazole rings is 1. The molecule has 14 heavy (non-hydrogen) atoms. The van der Waals surface area contributed by atoms with Crippen molar-refractivity contribution >= 4 is 18.2 Å². The van der Waals surface area contributed by atoms with Crippen LogP contribution in [0.15, 0.2) is 42.7 Å². The molecule has 1 aromatic carbocycles. The topological polar surface area (TPSA) is 66.0 Å². The van der Waals surface area contributed by atoms with E-state index in [0.717, 1.165) is 0 Å². The second kappa shape index (κ2) is 3.40. The van der Waals surface area contributed by atoms with E-state index in [-0.39, 0.29) is 5.57 Å². The SMILES string of the molecule is O=P(O)(c1ccccc1)c1ncc[nH]1. The first-order valence-corrected chi connectivity index (χ1v) is 5.75. The van der Waals surface area contributed by atoms with E-state index in [9.17, 15) is 9.46 Å². The van der Waals surface area contributed by atoms with Crippen molar-refractivity contribution in [2.45, 2.75) is 0 Å². The summed E-state index contributed by atoms with van der Waals surface area (Å²) in [4.78, 5) is 16.3. The molecule has 0 aliphatic carbocycles. The molecule has 1 heterocycles. The average Bonchev–Trinajstić information content (AvgIpc) is 2.72. The molecule has 0 aliphatic heterocycles. The number of nitrogens with one attached hydrogen (secondary N) is 1. The molecule has 2 rings (SSSR count). The Labute approximate surface area is 81.1 Å². The van der Waals surface area contributed by atoms with Gasteiger partial charge in [-0.15, -0.1) is 0 Å². The Bertz CT molecular complexity index is 453. The van der Waals surface area contributed by atoms with Gasteiger partial charge in [-0.25, -0.2) is 4.98 Å². The number of nitrogens with zero attached hydrogens (tertiary/aromatic N) is 1. The van der Waals surface area contributed by atoms with E-state index in [1.165, 1.54) is 12.4 Å². The minimum absolute atomic E-state index is 0.115. The average molecular weight is 208 g/mol. The Morgan fingerprint density at radius 3 is 2.57 bits per heavy atom. The second-order valence-corrected chi connectivity index (χ2v) is 4.92. The molecule has 0 saturated heterocycles. The van der Waals surface area contributed by atoms with E-state index in [2.05, 4.69) is 9.97 Å². The first-order chi connectivity index (χ1) is 6.71. The number of rotatable bonds is 2. The monoisotopic (exact) mass is 208 g/mol. The van der Waals surface area contributed by atoms with Gasteiger partial charge in [0.25, 0.3) is 7.37 Å². The van der Waals surface area contributed by atoms with E-state index < -0.39 is 7.37 Å². The van der Waals surface area contributed by atoms with Crippen LogP contribution in [0.3, 0.4) is 0 Å². The minimum atomic E-state index is -3.52. The van der Waals surface area contributed by atoms with Crippen LogP contribution in [0.1, 0.15) is 0 Å². The molecular weight excluding hydrogens is 199 g/mol. The second-order valence-electron chi connectivity index (χ2n) is 2.82. The van der Waals surface area contributed by atoms with Crippen LogP contribution in [0.25, 0.3) is 0 Å². The lowest BCUT2D eigenvalue weighted by atomic mass is 10.4. The summed E-state index contributed by atoms with van der Waals surface area (Å²) in [5, 5.41) is 0.384. The normalized spacial score (nSPS) is 14.9. The molecule has 0 spiro atoms. The Morgan fingerprint density at radius 2 is 2.00 bits per heavy atom. The smallest absolute Gasteiger partial charge is 0.293 e. The Kier molecular flexibility index (Phi) is 2.23. The Hall–Kier alpha value is -1.38. The summed E-state index contributed by atoms with van der Waals surface area (Å²) in [6.45, 7) is 0. The van der Waals surface area contributed by atoms with Gasteiger partial charge in [-0.3, -0.25) is 4.57 Å². The van der Waals surface area contributed by atoms with E-state index >= 15 is 0 Å². The van der Waals surface area contributed by atoms with Gasteiger partial charge < -0.3 is 9.88 Å². The van der Waals surface area contributed by atoms with Crippen LogP contribution < -0.4 is 10.9 Å². The van der Waals surface area contributed by atoms with E-state index in [1.807, 2.05) is 0 Å². The standard InChI is InChI=1S/C9H9N2O2P/c12-14(13,9-10-6-7-11-9)8-4-2-1-3-5-8/h1-7H,(H,10,11)(H,12,13). The van der Waals surface area contributed by atoms with Crippen molar-refractivity contribution in [3.05, 3.63) is 42.7 Å². The fraction of sp³-hybridized carbons (Fsp3) is 0. The molecule has 1 atom stereocenters. The number of aromatic nitrogens is 2. The van der Waals surface area contributed by atoms with Crippen LogP contribution in [0.2, 0.25) is 0 Å². The quantitative estimate of drug-likeness (QED) is 0.711. The number of hydrogen-bond donors (Lipinski definition) is 2. The first-order valence-electron chi connectivity index (χ1n) is 4.09. The molecule has 4 nitrogen and oxygen atoms in total. The molecule has 2 aromatic rings. The van der Waals surface area contributed by atoms with Crippen molar-refractivity contribution in [2.75, 3.05) is 0 Å². The summed E-state index contributed by atoms with van der Waals surface area (Å²) in [5.41, 5.74) is 0.115. The van der Waals surface area contributed by atoms with Gasteiger partial charge in [0.1, 0.15) is 0 Å². The van der Waals surface area contributed by atoms with Gasteiger partial charge in [0.15, 0.2) is 5.57 Å². The van der Waals surface area contributed by atoms with E-state index in [0.29, 0.717) is 5.30 Å². The van der Waals surface area contributed by atoms with E-state index in [4.69, 9.17) is 0 Å². The maximum atomic E-state index is 11.9. The fourth-order valence-electron chi connectivity index (χ4n) is 1.18. The molecule has 72 valence electrons. The van der Waals surface area contributed by atoms with Gasteiger partial charge >= 0.3 is 0 Å². The van der Waals surface area contributed by atoms with E-state index in [1.54, 1.807) is 30.3 Å². The molecule has 1 aromatic heterocycles. The third-order valence-corrected chi connectivity index (χ3v) is 3.69. The predicted octanol–water partition coefficient (Wildman–Crippen LogP) is 0.631. The third-order valence-electron chi connectivity index (χ3n) is 1.88. The largest absolute Gasteiger partial charge is 0.340 e. The molecule has 2 N–H and O–H groups in total. The summed E-state index contributed by atoms with van der Waals surface area (Å²) < 4.78 is 11.9. The van der Waals surface area contributed by atoms with Crippen LogP contribution >= 0.6 is 7.37 Å². The zero-order chi connectivity index (χ0) is 10.0. The predicted molar refractivity (Wildman–Crippen MR) is 54.1 cm³/mol. The molecule has 0 amide bonds. The van der Waals surface area contributed by atoms with Crippen molar-refractivity contribution in [1.82, 2.24) is 9.97 Å². The number of benzene rings is 1. The third kappa shape index (κ3) is 1.50. The van der Waals surface area contributed by atoms with Crippen molar-refractivity contribution in [3.63, 3.8) is 0 Å². The lowest BCUT2D eigenvalue weighted by Crippen LogP contribution is -2.18. The highest BCUT2D eigenvalue weighted by Crippen LogP contribution is 2.35. The summed E-state index contributed by atoms with van der Waals surface area (Å²) in [6.07, 6.45) is 2.99. The van der Waals surface area contributed by atoms with Gasteiger partial charge in [0.05, 0.1) is 0 Å². The van der Waals surface area contributed by atoms with Crippen LogP contribution in [0, 0.1) is 0 Å². The zero-order valence-electron chi connectivity index (χ0n) is 7.29. The van der Waals surface area contributed by atoms with Gasteiger partial charge in [-0.1, -0.05) is 18.2 Å². The highest BCUT2D eigenvalue weighted by Gasteiger charge is 2.26. The summed E-state index contributed by atoms with van der Waals surface area (Å²) >= 11 is 0. The van der Waals surface area contributed by atoms with Crippen LogP contribution in [0.5, 0.6) is 0 Å². The molecule has 0 fully saturated rings. The van der Waals surface area contributed by atoms with Gasteiger partial charge in [0, 0.05) is 17.7 Å². The Morgan fingerprint density at radius 1 is 1.29 bits per heavy atom. The van der Waals surface area contributed by atoms with Gasteiger partial charge in [-0.2, -0.15) is 0 Å². The van der Waals surface area contributed by atoms with Crippen molar-refractivity contribution in [2.24, 2.45) is 0 Å². The van der Waals surface area contributed by atoms with Crippen molar-refractivity contribution in [1.29, 1.82) is 0 Å². The molecule has 0 radical (unpaired) electrons. The highest BCUT2D eigenvalue weighted by molar-refractivity contribution is 7.73. The van der Waals surface area contributed by atoms with Crippen molar-refractivity contribution < 1.29 is 9.46 Å². The lowest BCUT2D eigenvalue weighted by molar-refractivity contribution is 0.499. The lowest BCUT2D eigenvalue weighted by Gasteiger charge is -2.07. The number of aromatic amines is 1. The number of hydrogen-bond acceptors (Lipinski definition) is 2. The van der Waals surface area contributed by atoms with Crippen molar-refractivity contribution in [3.8, 4) is 0 Å². The first kappa shape index (κ1) is 9.19. The zero-order valence-corrected chi connectivity index (χ0v) is 8.19. The van der Waals surface area contributed by atoms with Gasteiger partial charge in [0.2, 0.25) is 0 Å². The molecule has 0 aliphatic rings. The molecule has 0 saturated carbocycles. The minimum Gasteiger partial charge on any atom is -0.340 e. The fourth-order valence-corrected chi connectivity index (χ4v) is 2.47. The summed E-state index contributed by atoms with van der Waals surface area (Å²) in [7, 11) is -3.52. The van der Waals surface area contributed by atoms with Crippen LogP contribution in [-0.2, 0) is 4.57 Å². The maximum absolute atomic E-state index is 11.9. The van der Waals surface area contributed by atoms with Crippen LogP contribution in [-0.4, -0.2) is 14.9 Å². The van der Waals surface area contributed by atoms with Crippen LogP contribution in [0.4, 0.5) is 0 Å². The van der Waals surface area contributed by atoms with Gasteiger partial charge in [-0.05, 0) is 12.1 Å². The molecular formula is C9H9N2O2P. The Balaban J connectivity index is 2.49.